The fourth-order valence-corrected chi connectivity index (χ4v) is 3.76. The molecule has 2 aliphatic rings. The van der Waals surface area contributed by atoms with Gasteiger partial charge in [-0.1, -0.05) is 13.3 Å². The maximum atomic E-state index is 6.84. The largest absolute Gasteiger partial charge is 0.466 e. The fourth-order valence-electron chi connectivity index (χ4n) is 3.76. The van der Waals surface area contributed by atoms with Gasteiger partial charge in [0, 0.05) is 18.4 Å². The van der Waals surface area contributed by atoms with Crippen molar-refractivity contribution in [1.29, 1.82) is 2.77 Å². The normalized spacial score (nSPS) is 24.7. The first-order valence-corrected chi connectivity index (χ1v) is 10.1. The maximum absolute atomic E-state index is 6.84. The summed E-state index contributed by atoms with van der Waals surface area (Å²) < 4.78 is 19.5. The molecule has 5 nitrogen and oxygen atoms in total. The van der Waals surface area contributed by atoms with Crippen LogP contribution in [0, 0.1) is 25.7 Å². The third-order valence-corrected chi connectivity index (χ3v) is 4.70. The number of hydrogen-bond acceptors (Lipinski definition) is 6. The van der Waals surface area contributed by atoms with E-state index >= 15 is 0 Å². The monoisotopic (exact) mass is 384 g/mol. The Morgan fingerprint density at radius 1 is 1.48 bits per heavy atom. The lowest BCUT2D eigenvalue weighted by Gasteiger charge is -2.26. The van der Waals surface area contributed by atoms with Gasteiger partial charge in [-0.2, -0.15) is 14.1 Å². The minimum absolute atomic E-state index is 0.0264. The van der Waals surface area contributed by atoms with Crippen LogP contribution >= 0.6 is 21.6 Å². The number of hydrogen-bond donors (Lipinski definition) is 2. The first kappa shape index (κ1) is 17.8. The molecule has 1 aromatic heterocycles. The van der Waals surface area contributed by atoms with E-state index in [2.05, 4.69) is 43.6 Å². The Hall–Kier alpha value is -0.645. The number of ether oxygens (including phenoxy) is 1. The molecule has 1 saturated carbocycles. The summed E-state index contributed by atoms with van der Waals surface area (Å²) in [5.41, 5.74) is 2.87. The minimum Gasteiger partial charge on any atom is -0.466 e. The van der Waals surface area contributed by atoms with Gasteiger partial charge in [0.25, 0.3) is 0 Å². The molecule has 1 aromatic rings. The van der Waals surface area contributed by atoms with Gasteiger partial charge in [0.15, 0.2) is 0 Å². The van der Waals surface area contributed by atoms with Crippen molar-refractivity contribution in [3.63, 3.8) is 0 Å². The second-order valence-corrected chi connectivity index (χ2v) is 7.75. The summed E-state index contributed by atoms with van der Waals surface area (Å²) in [6.45, 7) is 6.54. The molecule has 138 valence electrons. The van der Waals surface area contributed by atoms with Crippen molar-refractivity contribution >= 4 is 39.2 Å². The second kappa shape index (κ2) is 9.89. The molecule has 0 bridgehead atoms. The minimum atomic E-state index is -0.306. The molecule has 1 unspecified atom stereocenters. The predicted molar refractivity (Wildman–Crippen MR) is 112 cm³/mol. The number of rotatable bonds is 6. The fraction of sp³-hybridized carbons (Fsp3) is 0.706. The van der Waals surface area contributed by atoms with Gasteiger partial charge < -0.3 is 9.85 Å². The van der Waals surface area contributed by atoms with Crippen LogP contribution in [0.5, 0.6) is 5.88 Å². The van der Waals surface area contributed by atoms with E-state index in [4.69, 9.17) is 12.5 Å². The summed E-state index contributed by atoms with van der Waals surface area (Å²) in [4.78, 5) is 13.8. The Balaban J connectivity index is 0.000000596. The molecule has 0 spiro atoms. The lowest BCUT2D eigenvalue weighted by molar-refractivity contribution is 0.177. The first-order valence-electron chi connectivity index (χ1n) is 9.90. The number of nitrogens with zero attached hydrogens (tertiary/aromatic N) is 3. The Morgan fingerprint density at radius 3 is 2.92 bits per heavy atom. The maximum Gasteiger partial charge on any atom is 0.244 e. The molecule has 8 heteroatoms. The van der Waals surface area contributed by atoms with Crippen molar-refractivity contribution in [3.8, 4) is 5.88 Å². The van der Waals surface area contributed by atoms with Crippen molar-refractivity contribution in [2.75, 3.05) is 6.61 Å². The van der Waals surface area contributed by atoms with E-state index in [1.165, 1.54) is 5.71 Å². The first-order chi connectivity index (χ1) is 12.9. The number of aromatic nitrogens is 2. The summed E-state index contributed by atoms with van der Waals surface area (Å²) in [6, 6.07) is 0. The summed E-state index contributed by atoms with van der Waals surface area (Å²) >= 11 is 3.60. The van der Waals surface area contributed by atoms with E-state index in [9.17, 15) is 0 Å². The van der Waals surface area contributed by atoms with E-state index in [0.717, 1.165) is 49.3 Å². The van der Waals surface area contributed by atoms with Crippen molar-refractivity contribution in [2.24, 2.45) is 16.8 Å². The number of aliphatic hydroxyl groups is 1. The molecule has 1 aliphatic heterocycles. The van der Waals surface area contributed by atoms with Crippen LogP contribution in [-0.4, -0.2) is 42.5 Å². The van der Waals surface area contributed by atoms with Gasteiger partial charge in [-0.25, -0.2) is 22.5 Å². The van der Waals surface area contributed by atoms with Crippen LogP contribution in [0.2, 0.25) is 0 Å². The average molecular weight is 384 g/mol. The third kappa shape index (κ3) is 4.96. The summed E-state index contributed by atoms with van der Waals surface area (Å²) in [5, 5.41) is 4.46. The number of aliphatic imine (C=N–C) groups is 1. The van der Waals surface area contributed by atoms with Gasteiger partial charge in [-0.05, 0) is 40.9 Å². The topological polar surface area (TPSA) is 67.6 Å². The Kier molecular flexibility index (Phi) is 7.02. The van der Waals surface area contributed by atoms with Crippen molar-refractivity contribution < 1.29 is 9.85 Å². The molecule has 0 aromatic carbocycles. The quantitative estimate of drug-likeness (QED) is 0.342. The van der Waals surface area contributed by atoms with E-state index in [0.29, 0.717) is 24.3 Å². The van der Waals surface area contributed by atoms with Gasteiger partial charge in [0.05, 0.1) is 11.4 Å². The highest BCUT2D eigenvalue weighted by Crippen LogP contribution is 2.44. The van der Waals surface area contributed by atoms with Crippen molar-refractivity contribution in [3.05, 3.63) is 11.5 Å². The van der Waals surface area contributed by atoms with Crippen LogP contribution in [0.15, 0.2) is 4.99 Å². The highest BCUT2D eigenvalue weighted by Gasteiger charge is 2.43. The molecule has 1 aliphatic carbocycles. The molecular formula is C17H29BN3O2PS. The van der Waals surface area contributed by atoms with Gasteiger partial charge in [-0.3, -0.25) is 0 Å². The molecule has 3 rings (SSSR count). The van der Waals surface area contributed by atoms with Gasteiger partial charge in [0.2, 0.25) is 13.6 Å². The third-order valence-electron chi connectivity index (χ3n) is 4.70. The molecular weight excluding hydrogens is 352 g/mol. The Morgan fingerprint density at radius 2 is 2.24 bits per heavy atom. The molecule has 1 N–H and O–H groups in total. The zero-order valence-corrected chi connectivity index (χ0v) is 17.3. The number of aliphatic hydroxyl groups excluding tert-OH is 1. The lowest BCUT2D eigenvalue weighted by Crippen LogP contribution is -2.33. The van der Waals surface area contributed by atoms with Crippen molar-refractivity contribution in [1.82, 2.24) is 9.97 Å². The lowest BCUT2D eigenvalue weighted by atomic mass is 9.97. The average Bonchev–Trinajstić information content (AvgIpc) is 2.90. The Bertz CT molecular complexity index is 667. The van der Waals surface area contributed by atoms with Crippen LogP contribution in [0.4, 0.5) is 5.69 Å². The van der Waals surface area contributed by atoms with Crippen LogP contribution in [0.1, 0.15) is 50.5 Å². The van der Waals surface area contributed by atoms with Crippen molar-refractivity contribution in [2.45, 2.75) is 59.0 Å². The smallest absolute Gasteiger partial charge is 0.244 e. The number of thiol groups is 1. The van der Waals surface area contributed by atoms with Gasteiger partial charge in [-0.15, -0.1) is 0 Å². The van der Waals surface area contributed by atoms with E-state index in [-0.39, 0.29) is 12.3 Å². The molecule has 1 fully saturated rings. The van der Waals surface area contributed by atoms with E-state index in [1.54, 1.807) is 0 Å². The number of aryl methyl sites for hydroxylation is 2. The highest BCUT2D eigenvalue weighted by atomic mass is 32.1. The molecule has 2 heterocycles. The molecule has 25 heavy (non-hydrogen) atoms. The van der Waals surface area contributed by atoms with Crippen LogP contribution in [0.3, 0.4) is 0 Å². The van der Waals surface area contributed by atoms with Gasteiger partial charge in [0.1, 0.15) is 17.6 Å². The molecule has 0 radical (unpaired) electrons. The zero-order chi connectivity index (χ0) is 20.0. The standard InChI is InChI=1S/C17H25N3O2.BH4PS/c1-4-6-12-9-13(7-5-8-21)16-15(12)20-14-10(2)18-11(3)19-17(14)22-16;2-1-3/h12-13,16,21H,4-9H2,1-3H3;1,3H,2H2/t12-,13-,16-;/m0./s1/i21T;1D. The Labute approximate surface area is 162 Å². The van der Waals surface area contributed by atoms with E-state index in [1.807, 2.05) is 13.8 Å². The molecule has 0 saturated heterocycles. The van der Waals surface area contributed by atoms with Crippen LogP contribution in [-0.2, 0) is 0 Å². The second-order valence-electron chi connectivity index (χ2n) is 6.56. The van der Waals surface area contributed by atoms with Crippen LogP contribution in [0.25, 0.3) is 0 Å². The van der Waals surface area contributed by atoms with Crippen LogP contribution < -0.4 is 4.74 Å². The SMILES string of the molecule is [2H]B(P)S.[3H]OCCC[C@H]1C[C@H](CCC)C2=Nc3c(C)nc(C)nc3O[C@H]21. The zero-order valence-electron chi connectivity index (χ0n) is 17.2. The molecule has 0 amide bonds. The summed E-state index contributed by atoms with van der Waals surface area (Å²) in [5.74, 6) is 2.27. The predicted octanol–water partition coefficient (Wildman–Crippen LogP) is 3.19. The summed E-state index contributed by atoms with van der Waals surface area (Å²) in [6.07, 6.45) is 5.00. The van der Waals surface area contributed by atoms with Gasteiger partial charge >= 0.3 is 0 Å². The number of fused-ring (bicyclic) bond motifs is 2. The highest BCUT2D eigenvalue weighted by molar-refractivity contribution is 8.20. The van der Waals surface area contributed by atoms with E-state index < -0.39 is 0 Å². The summed E-state index contributed by atoms with van der Waals surface area (Å²) in [7, 11) is 2.19. The molecule has 4 atom stereocenters.